The van der Waals surface area contributed by atoms with Gasteiger partial charge in [0, 0.05) is 35.4 Å². The summed E-state index contributed by atoms with van der Waals surface area (Å²) in [4.78, 5) is 2.40. The second kappa shape index (κ2) is 7.44. The predicted octanol–water partition coefficient (Wildman–Crippen LogP) is 2.66. The van der Waals surface area contributed by atoms with Gasteiger partial charge in [-0.25, -0.2) is 0 Å². The van der Waals surface area contributed by atoms with Crippen molar-refractivity contribution in [3.05, 3.63) is 0 Å². The first kappa shape index (κ1) is 14.2. The zero-order chi connectivity index (χ0) is 12.0. The summed E-state index contributed by atoms with van der Waals surface area (Å²) in [5.74, 6) is 1.68. The molecule has 0 aromatic carbocycles. The number of hydrogen-bond acceptors (Lipinski definition) is 2. The summed E-state index contributed by atoms with van der Waals surface area (Å²) in [6.45, 7) is 3.39. The lowest BCUT2D eigenvalue weighted by Gasteiger charge is -2.28. The van der Waals surface area contributed by atoms with Gasteiger partial charge in [0.2, 0.25) is 0 Å². The van der Waals surface area contributed by atoms with Crippen LogP contribution in [0.25, 0.3) is 0 Å². The van der Waals surface area contributed by atoms with E-state index in [1.165, 1.54) is 45.1 Å². The second-order valence-electron chi connectivity index (χ2n) is 5.39. The molecular formula is C13H27NOS. The highest BCUT2D eigenvalue weighted by Crippen LogP contribution is 2.23. The van der Waals surface area contributed by atoms with Gasteiger partial charge < -0.3 is 4.90 Å². The molecule has 0 N–H and O–H groups in total. The van der Waals surface area contributed by atoms with Gasteiger partial charge in [-0.3, -0.25) is 4.21 Å². The van der Waals surface area contributed by atoms with Gasteiger partial charge in [0.1, 0.15) is 0 Å². The molecule has 1 fully saturated rings. The van der Waals surface area contributed by atoms with E-state index in [4.69, 9.17) is 0 Å². The van der Waals surface area contributed by atoms with Crippen molar-refractivity contribution < 1.29 is 4.21 Å². The minimum atomic E-state index is -0.668. The molecule has 1 saturated carbocycles. The van der Waals surface area contributed by atoms with Gasteiger partial charge >= 0.3 is 0 Å². The normalized spacial score (nSPS) is 23.0. The summed E-state index contributed by atoms with van der Waals surface area (Å²) in [6, 6.07) is 0.453. The summed E-state index contributed by atoms with van der Waals surface area (Å²) in [7, 11) is 1.52. The van der Waals surface area contributed by atoms with Gasteiger partial charge in [-0.15, -0.1) is 0 Å². The van der Waals surface area contributed by atoms with Crippen molar-refractivity contribution in [2.45, 2.75) is 51.5 Å². The minimum Gasteiger partial charge on any atom is -0.303 e. The molecule has 0 bridgehead atoms. The first-order valence-electron chi connectivity index (χ1n) is 6.60. The SMILES string of the molecule is C[C@@H](C[S@@](C)=O)N(C)CC1CCCCCC1. The second-order valence-corrected chi connectivity index (χ2v) is 6.87. The Bertz CT molecular complexity index is 212. The van der Waals surface area contributed by atoms with E-state index in [-0.39, 0.29) is 0 Å². The van der Waals surface area contributed by atoms with Crippen molar-refractivity contribution >= 4 is 10.8 Å². The molecule has 0 aromatic heterocycles. The highest BCUT2D eigenvalue weighted by atomic mass is 32.2. The zero-order valence-corrected chi connectivity index (χ0v) is 11.9. The summed E-state index contributed by atoms with van der Waals surface area (Å²) in [5, 5.41) is 0. The summed E-state index contributed by atoms with van der Waals surface area (Å²) >= 11 is 0. The molecule has 96 valence electrons. The molecule has 0 amide bonds. The molecular weight excluding hydrogens is 218 g/mol. The van der Waals surface area contributed by atoms with Crippen molar-refractivity contribution in [2.24, 2.45) is 5.92 Å². The first-order chi connectivity index (χ1) is 7.59. The van der Waals surface area contributed by atoms with Crippen molar-refractivity contribution in [3.63, 3.8) is 0 Å². The third-order valence-electron chi connectivity index (χ3n) is 3.75. The average Bonchev–Trinajstić information content (AvgIpc) is 2.45. The quantitative estimate of drug-likeness (QED) is 0.694. The van der Waals surface area contributed by atoms with Gasteiger partial charge in [0.15, 0.2) is 0 Å². The Kier molecular flexibility index (Phi) is 6.59. The molecule has 0 unspecified atom stereocenters. The molecule has 0 aliphatic heterocycles. The van der Waals surface area contributed by atoms with Gasteiger partial charge in [-0.1, -0.05) is 25.7 Å². The highest BCUT2D eigenvalue weighted by molar-refractivity contribution is 7.84. The fourth-order valence-corrected chi connectivity index (χ4v) is 3.53. The molecule has 0 aromatic rings. The summed E-state index contributed by atoms with van der Waals surface area (Å²) in [6.07, 6.45) is 10.3. The van der Waals surface area contributed by atoms with Crippen LogP contribution in [0, 0.1) is 5.92 Å². The van der Waals surface area contributed by atoms with Crippen LogP contribution in [-0.2, 0) is 10.8 Å². The molecule has 1 aliphatic rings. The molecule has 2 nitrogen and oxygen atoms in total. The van der Waals surface area contributed by atoms with Crippen molar-refractivity contribution in [1.29, 1.82) is 0 Å². The number of nitrogens with zero attached hydrogens (tertiary/aromatic N) is 1. The Balaban J connectivity index is 2.30. The van der Waals surface area contributed by atoms with Crippen LogP contribution in [0.2, 0.25) is 0 Å². The van der Waals surface area contributed by atoms with Crippen LogP contribution in [0.15, 0.2) is 0 Å². The molecule has 0 saturated heterocycles. The van der Waals surface area contributed by atoms with Crippen LogP contribution < -0.4 is 0 Å². The number of rotatable bonds is 5. The molecule has 2 atom stereocenters. The van der Waals surface area contributed by atoms with E-state index in [9.17, 15) is 4.21 Å². The smallest absolute Gasteiger partial charge is 0.0385 e. The zero-order valence-electron chi connectivity index (χ0n) is 11.1. The van der Waals surface area contributed by atoms with Crippen LogP contribution >= 0.6 is 0 Å². The van der Waals surface area contributed by atoms with E-state index < -0.39 is 10.8 Å². The molecule has 1 rings (SSSR count). The Labute approximate surface area is 103 Å². The molecule has 0 spiro atoms. The molecule has 0 radical (unpaired) electrons. The molecule has 3 heteroatoms. The van der Waals surface area contributed by atoms with Crippen LogP contribution in [0.4, 0.5) is 0 Å². The fourth-order valence-electron chi connectivity index (χ4n) is 2.60. The first-order valence-corrected chi connectivity index (χ1v) is 8.32. The number of hydrogen-bond donors (Lipinski definition) is 0. The molecule has 0 heterocycles. The Morgan fingerprint density at radius 1 is 1.25 bits per heavy atom. The lowest BCUT2D eigenvalue weighted by Crippen LogP contribution is -2.36. The van der Waals surface area contributed by atoms with E-state index in [0.717, 1.165) is 11.7 Å². The maximum absolute atomic E-state index is 11.2. The maximum atomic E-state index is 11.2. The lowest BCUT2D eigenvalue weighted by atomic mass is 9.99. The van der Waals surface area contributed by atoms with Gasteiger partial charge in [0.25, 0.3) is 0 Å². The van der Waals surface area contributed by atoms with Crippen LogP contribution in [0.5, 0.6) is 0 Å². The minimum absolute atomic E-state index is 0.453. The van der Waals surface area contributed by atoms with Crippen molar-refractivity contribution in [3.8, 4) is 0 Å². The Morgan fingerprint density at radius 3 is 2.31 bits per heavy atom. The lowest BCUT2D eigenvalue weighted by molar-refractivity contribution is 0.220. The van der Waals surface area contributed by atoms with E-state index >= 15 is 0 Å². The Hall–Kier alpha value is 0.110. The molecule has 16 heavy (non-hydrogen) atoms. The summed E-state index contributed by atoms with van der Waals surface area (Å²) < 4.78 is 11.2. The van der Waals surface area contributed by atoms with E-state index in [2.05, 4.69) is 18.9 Å². The van der Waals surface area contributed by atoms with E-state index in [1.54, 1.807) is 6.26 Å². The highest BCUT2D eigenvalue weighted by Gasteiger charge is 2.17. The molecule has 1 aliphatic carbocycles. The van der Waals surface area contributed by atoms with Crippen molar-refractivity contribution in [1.82, 2.24) is 4.90 Å². The largest absolute Gasteiger partial charge is 0.303 e. The van der Waals surface area contributed by atoms with Gasteiger partial charge in [0.05, 0.1) is 0 Å². The van der Waals surface area contributed by atoms with Gasteiger partial charge in [-0.05, 0) is 32.7 Å². The average molecular weight is 245 g/mol. The van der Waals surface area contributed by atoms with Crippen LogP contribution in [0.1, 0.15) is 45.4 Å². The van der Waals surface area contributed by atoms with E-state index in [0.29, 0.717) is 6.04 Å². The van der Waals surface area contributed by atoms with Crippen LogP contribution in [0.3, 0.4) is 0 Å². The standard InChI is InChI=1S/C13H27NOS/c1-12(11-16(3)15)14(2)10-13-8-6-4-5-7-9-13/h12-13H,4-11H2,1-3H3/t12-,16+/m0/s1. The Morgan fingerprint density at radius 2 is 1.81 bits per heavy atom. The third-order valence-corrected chi connectivity index (χ3v) is 4.70. The predicted molar refractivity (Wildman–Crippen MR) is 72.2 cm³/mol. The fraction of sp³-hybridized carbons (Fsp3) is 1.00. The monoisotopic (exact) mass is 245 g/mol. The maximum Gasteiger partial charge on any atom is 0.0385 e. The van der Waals surface area contributed by atoms with Crippen molar-refractivity contribution in [2.75, 3.05) is 25.6 Å². The van der Waals surface area contributed by atoms with Crippen LogP contribution in [-0.4, -0.2) is 40.8 Å². The third kappa shape index (κ3) is 5.44. The summed E-state index contributed by atoms with van der Waals surface area (Å²) in [5.41, 5.74) is 0. The topological polar surface area (TPSA) is 20.3 Å². The van der Waals surface area contributed by atoms with Gasteiger partial charge in [-0.2, -0.15) is 0 Å². The van der Waals surface area contributed by atoms with E-state index in [1.807, 2.05) is 0 Å².